The Kier molecular flexibility index (Phi) is 4.00. The summed E-state index contributed by atoms with van der Waals surface area (Å²) in [6.45, 7) is 1.36. The molecular formula is C8H11ClN2O. The first-order chi connectivity index (χ1) is 5.84. The van der Waals surface area contributed by atoms with Gasteiger partial charge in [0, 0.05) is 24.8 Å². The molecule has 66 valence electrons. The van der Waals surface area contributed by atoms with Crippen LogP contribution in [0.15, 0.2) is 18.3 Å². The molecule has 0 radical (unpaired) electrons. The molecule has 0 aromatic carbocycles. The Balaban J connectivity index is 2.46. The SMILES string of the molecule is OCCNCc1cccnc1Cl. The summed E-state index contributed by atoms with van der Waals surface area (Å²) in [5.74, 6) is 0. The Morgan fingerprint density at radius 3 is 3.08 bits per heavy atom. The van der Waals surface area contributed by atoms with E-state index in [0.29, 0.717) is 18.2 Å². The summed E-state index contributed by atoms with van der Waals surface area (Å²) in [5.41, 5.74) is 0.951. The molecule has 2 N–H and O–H groups in total. The largest absolute Gasteiger partial charge is 0.395 e. The van der Waals surface area contributed by atoms with Gasteiger partial charge >= 0.3 is 0 Å². The topological polar surface area (TPSA) is 45.1 Å². The molecule has 1 aromatic heterocycles. The van der Waals surface area contributed by atoms with E-state index in [4.69, 9.17) is 16.7 Å². The molecule has 0 saturated heterocycles. The second-order valence-electron chi connectivity index (χ2n) is 2.35. The molecule has 1 rings (SSSR count). The van der Waals surface area contributed by atoms with E-state index in [1.807, 2.05) is 12.1 Å². The zero-order valence-corrected chi connectivity index (χ0v) is 7.38. The van der Waals surface area contributed by atoms with Crippen LogP contribution in [0.1, 0.15) is 5.56 Å². The van der Waals surface area contributed by atoms with Gasteiger partial charge in [-0.2, -0.15) is 0 Å². The van der Waals surface area contributed by atoms with Crippen LogP contribution < -0.4 is 5.32 Å². The molecule has 0 amide bonds. The van der Waals surface area contributed by atoms with Gasteiger partial charge in [-0.25, -0.2) is 4.98 Å². The number of rotatable bonds is 4. The fourth-order valence-electron chi connectivity index (χ4n) is 0.853. The summed E-state index contributed by atoms with van der Waals surface area (Å²) >= 11 is 5.79. The number of nitrogens with one attached hydrogen (secondary N) is 1. The fourth-order valence-corrected chi connectivity index (χ4v) is 1.04. The zero-order valence-electron chi connectivity index (χ0n) is 6.63. The van der Waals surface area contributed by atoms with E-state index in [9.17, 15) is 0 Å². The molecule has 3 nitrogen and oxygen atoms in total. The van der Waals surface area contributed by atoms with Crippen molar-refractivity contribution in [2.75, 3.05) is 13.2 Å². The van der Waals surface area contributed by atoms with Gasteiger partial charge in [0.1, 0.15) is 5.15 Å². The maximum Gasteiger partial charge on any atom is 0.133 e. The average Bonchev–Trinajstić information content (AvgIpc) is 2.09. The highest BCUT2D eigenvalue weighted by atomic mass is 35.5. The van der Waals surface area contributed by atoms with Crippen LogP contribution in [-0.4, -0.2) is 23.2 Å². The van der Waals surface area contributed by atoms with Gasteiger partial charge in [0.05, 0.1) is 6.61 Å². The summed E-state index contributed by atoms with van der Waals surface area (Å²) in [6.07, 6.45) is 1.65. The molecule has 0 saturated carbocycles. The molecule has 0 aliphatic carbocycles. The van der Waals surface area contributed by atoms with E-state index < -0.39 is 0 Å². The summed E-state index contributed by atoms with van der Waals surface area (Å²) in [5, 5.41) is 12.0. The number of hydrogen-bond acceptors (Lipinski definition) is 3. The Morgan fingerprint density at radius 2 is 2.42 bits per heavy atom. The molecule has 0 aliphatic heterocycles. The molecule has 0 atom stereocenters. The van der Waals surface area contributed by atoms with Crippen molar-refractivity contribution >= 4 is 11.6 Å². The summed E-state index contributed by atoms with van der Waals surface area (Å²) in [6, 6.07) is 3.74. The smallest absolute Gasteiger partial charge is 0.133 e. The molecule has 1 aromatic rings. The van der Waals surface area contributed by atoms with Gasteiger partial charge in [0.15, 0.2) is 0 Å². The first-order valence-electron chi connectivity index (χ1n) is 3.75. The van der Waals surface area contributed by atoms with Crippen molar-refractivity contribution in [2.24, 2.45) is 0 Å². The molecular weight excluding hydrogens is 176 g/mol. The molecule has 0 bridgehead atoms. The zero-order chi connectivity index (χ0) is 8.81. The lowest BCUT2D eigenvalue weighted by atomic mass is 10.3. The van der Waals surface area contributed by atoms with Gasteiger partial charge in [-0.15, -0.1) is 0 Å². The van der Waals surface area contributed by atoms with E-state index >= 15 is 0 Å². The number of pyridine rings is 1. The molecule has 1 heterocycles. The first-order valence-corrected chi connectivity index (χ1v) is 4.13. The molecule has 4 heteroatoms. The summed E-state index contributed by atoms with van der Waals surface area (Å²) in [4.78, 5) is 3.92. The van der Waals surface area contributed by atoms with Crippen LogP contribution in [0.2, 0.25) is 5.15 Å². The van der Waals surface area contributed by atoms with Crippen molar-refractivity contribution in [1.29, 1.82) is 0 Å². The lowest BCUT2D eigenvalue weighted by Gasteiger charge is -2.03. The Hall–Kier alpha value is -0.640. The van der Waals surface area contributed by atoms with Gasteiger partial charge in [0.25, 0.3) is 0 Å². The fraction of sp³-hybridized carbons (Fsp3) is 0.375. The van der Waals surface area contributed by atoms with Gasteiger partial charge in [-0.05, 0) is 6.07 Å². The molecule has 12 heavy (non-hydrogen) atoms. The number of aromatic nitrogens is 1. The van der Waals surface area contributed by atoms with Crippen molar-refractivity contribution in [3.8, 4) is 0 Å². The van der Waals surface area contributed by atoms with Crippen LogP contribution in [0, 0.1) is 0 Å². The normalized spacial score (nSPS) is 10.2. The first kappa shape index (κ1) is 9.45. The average molecular weight is 187 g/mol. The predicted octanol–water partition coefficient (Wildman–Crippen LogP) is 0.817. The Bertz CT molecular complexity index is 242. The highest BCUT2D eigenvalue weighted by Crippen LogP contribution is 2.10. The van der Waals surface area contributed by atoms with Gasteiger partial charge in [-0.3, -0.25) is 0 Å². The Labute approximate surface area is 76.4 Å². The summed E-state index contributed by atoms with van der Waals surface area (Å²) < 4.78 is 0. The van der Waals surface area contributed by atoms with Crippen LogP contribution in [-0.2, 0) is 6.54 Å². The highest BCUT2D eigenvalue weighted by Gasteiger charge is 1.97. The standard InChI is InChI=1S/C8H11ClN2O/c9-8-7(2-1-3-11-8)6-10-4-5-12/h1-3,10,12H,4-6H2. The van der Waals surface area contributed by atoms with Crippen molar-refractivity contribution in [2.45, 2.75) is 6.54 Å². The molecule has 0 aliphatic rings. The third kappa shape index (κ3) is 2.77. The molecule has 0 unspecified atom stereocenters. The van der Waals surface area contributed by atoms with Crippen molar-refractivity contribution < 1.29 is 5.11 Å². The van der Waals surface area contributed by atoms with Crippen LogP contribution in [0.3, 0.4) is 0 Å². The van der Waals surface area contributed by atoms with E-state index in [2.05, 4.69) is 10.3 Å². The maximum absolute atomic E-state index is 8.50. The van der Waals surface area contributed by atoms with Gasteiger partial charge in [-0.1, -0.05) is 17.7 Å². The minimum absolute atomic E-state index is 0.137. The lowest BCUT2D eigenvalue weighted by Crippen LogP contribution is -2.17. The van der Waals surface area contributed by atoms with Crippen molar-refractivity contribution in [3.05, 3.63) is 29.0 Å². The van der Waals surface area contributed by atoms with Crippen molar-refractivity contribution in [3.63, 3.8) is 0 Å². The minimum atomic E-state index is 0.137. The maximum atomic E-state index is 8.50. The predicted molar refractivity (Wildman–Crippen MR) is 48.0 cm³/mol. The number of aliphatic hydroxyl groups is 1. The second kappa shape index (κ2) is 5.09. The quantitative estimate of drug-likeness (QED) is 0.541. The van der Waals surface area contributed by atoms with Crippen LogP contribution in [0.25, 0.3) is 0 Å². The summed E-state index contributed by atoms with van der Waals surface area (Å²) in [7, 11) is 0. The number of hydrogen-bond donors (Lipinski definition) is 2. The van der Waals surface area contributed by atoms with Crippen LogP contribution >= 0.6 is 11.6 Å². The second-order valence-corrected chi connectivity index (χ2v) is 2.71. The number of nitrogens with zero attached hydrogens (tertiary/aromatic N) is 1. The number of halogens is 1. The highest BCUT2D eigenvalue weighted by molar-refractivity contribution is 6.30. The third-order valence-corrected chi connectivity index (χ3v) is 1.78. The van der Waals surface area contributed by atoms with E-state index in [-0.39, 0.29) is 6.61 Å². The van der Waals surface area contributed by atoms with E-state index in [1.165, 1.54) is 0 Å². The van der Waals surface area contributed by atoms with Crippen LogP contribution in [0.5, 0.6) is 0 Å². The molecule has 0 spiro atoms. The van der Waals surface area contributed by atoms with Gasteiger partial charge < -0.3 is 10.4 Å². The third-order valence-electron chi connectivity index (χ3n) is 1.44. The van der Waals surface area contributed by atoms with Crippen molar-refractivity contribution in [1.82, 2.24) is 10.3 Å². The minimum Gasteiger partial charge on any atom is -0.395 e. The van der Waals surface area contributed by atoms with Gasteiger partial charge in [0.2, 0.25) is 0 Å². The lowest BCUT2D eigenvalue weighted by molar-refractivity contribution is 0.292. The van der Waals surface area contributed by atoms with E-state index in [0.717, 1.165) is 5.56 Å². The molecule has 0 fully saturated rings. The monoisotopic (exact) mass is 186 g/mol. The number of aliphatic hydroxyl groups excluding tert-OH is 1. The Morgan fingerprint density at radius 1 is 1.58 bits per heavy atom. The van der Waals surface area contributed by atoms with E-state index in [1.54, 1.807) is 6.20 Å². The van der Waals surface area contributed by atoms with Crippen LogP contribution in [0.4, 0.5) is 0 Å².